The lowest BCUT2D eigenvalue weighted by Crippen LogP contribution is -2.44. The lowest BCUT2D eigenvalue weighted by Gasteiger charge is -2.17. The van der Waals surface area contributed by atoms with Crippen molar-refractivity contribution < 1.29 is 4.79 Å². The van der Waals surface area contributed by atoms with Crippen LogP contribution >= 0.6 is 0 Å². The van der Waals surface area contributed by atoms with E-state index in [4.69, 9.17) is 0 Å². The minimum atomic E-state index is -0.123. The summed E-state index contributed by atoms with van der Waals surface area (Å²) in [7, 11) is 0. The monoisotopic (exact) mass is 225 g/mol. The van der Waals surface area contributed by atoms with Crippen LogP contribution in [0.1, 0.15) is 19.8 Å². The molecule has 4 nitrogen and oxygen atoms in total. The van der Waals surface area contributed by atoms with E-state index in [0.717, 1.165) is 13.1 Å². The molecule has 1 atom stereocenters. The highest BCUT2D eigenvalue weighted by Crippen LogP contribution is 2.05. The van der Waals surface area contributed by atoms with Gasteiger partial charge in [-0.05, 0) is 32.9 Å². The van der Waals surface area contributed by atoms with Crippen molar-refractivity contribution in [3.63, 3.8) is 0 Å². The van der Waals surface area contributed by atoms with Crippen LogP contribution in [0.4, 0.5) is 0 Å². The van der Waals surface area contributed by atoms with Crippen molar-refractivity contribution in [2.45, 2.75) is 25.8 Å². The van der Waals surface area contributed by atoms with Crippen LogP contribution < -0.4 is 10.6 Å². The summed E-state index contributed by atoms with van der Waals surface area (Å²) in [4.78, 5) is 13.9. The molecule has 1 unspecified atom stereocenters. The van der Waals surface area contributed by atoms with E-state index in [1.165, 1.54) is 25.9 Å². The fraction of sp³-hybridized carbons (Fsp3) is 0.750. The molecule has 92 valence electrons. The van der Waals surface area contributed by atoms with E-state index in [1.807, 2.05) is 6.92 Å². The van der Waals surface area contributed by atoms with Crippen LogP contribution in [-0.4, -0.2) is 49.6 Å². The number of carbonyl (C=O) groups is 1. The smallest absolute Gasteiger partial charge is 0.237 e. The first-order valence-corrected chi connectivity index (χ1v) is 6.08. The minimum absolute atomic E-state index is 0.0429. The normalized spacial score (nSPS) is 18.3. The summed E-state index contributed by atoms with van der Waals surface area (Å²) in [6.45, 7) is 10.3. The van der Waals surface area contributed by atoms with Crippen molar-refractivity contribution in [2.24, 2.45) is 0 Å². The van der Waals surface area contributed by atoms with Crippen LogP contribution in [0.2, 0.25) is 0 Å². The molecule has 0 aromatic carbocycles. The average Bonchev–Trinajstić information content (AvgIpc) is 2.78. The number of hydrogen-bond acceptors (Lipinski definition) is 3. The number of carbonyl (C=O) groups excluding carboxylic acids is 1. The van der Waals surface area contributed by atoms with Crippen molar-refractivity contribution in [3.05, 3.63) is 12.7 Å². The quantitative estimate of drug-likeness (QED) is 0.615. The average molecular weight is 225 g/mol. The van der Waals surface area contributed by atoms with Gasteiger partial charge in [-0.2, -0.15) is 0 Å². The first kappa shape index (κ1) is 13.2. The fourth-order valence-corrected chi connectivity index (χ4v) is 1.86. The molecule has 0 saturated carbocycles. The first-order chi connectivity index (χ1) is 7.74. The second kappa shape index (κ2) is 7.41. The molecule has 0 bridgehead atoms. The molecule has 0 aromatic rings. The number of nitrogens with one attached hydrogen (secondary N) is 2. The lowest BCUT2D eigenvalue weighted by molar-refractivity contribution is -0.122. The van der Waals surface area contributed by atoms with Crippen LogP contribution in [0.25, 0.3) is 0 Å². The van der Waals surface area contributed by atoms with E-state index in [-0.39, 0.29) is 11.9 Å². The Hall–Kier alpha value is -0.870. The number of nitrogens with zero attached hydrogens (tertiary/aromatic N) is 1. The maximum absolute atomic E-state index is 11.5. The fourth-order valence-electron chi connectivity index (χ4n) is 1.86. The van der Waals surface area contributed by atoms with Crippen LogP contribution in [0, 0.1) is 0 Å². The van der Waals surface area contributed by atoms with Gasteiger partial charge in [0, 0.05) is 19.6 Å². The van der Waals surface area contributed by atoms with E-state index in [9.17, 15) is 4.79 Å². The van der Waals surface area contributed by atoms with Gasteiger partial charge in [0.2, 0.25) is 5.91 Å². The van der Waals surface area contributed by atoms with Gasteiger partial charge in [-0.3, -0.25) is 4.79 Å². The summed E-state index contributed by atoms with van der Waals surface area (Å²) >= 11 is 0. The van der Waals surface area contributed by atoms with Crippen molar-refractivity contribution in [1.82, 2.24) is 15.5 Å². The predicted molar refractivity (Wildman–Crippen MR) is 66.3 cm³/mol. The van der Waals surface area contributed by atoms with Crippen LogP contribution in [-0.2, 0) is 4.79 Å². The molecule has 1 heterocycles. The molecule has 0 spiro atoms. The zero-order valence-electron chi connectivity index (χ0n) is 10.2. The molecule has 0 aromatic heterocycles. The summed E-state index contributed by atoms with van der Waals surface area (Å²) in [6, 6.07) is -0.123. The second-order valence-electron chi connectivity index (χ2n) is 4.26. The van der Waals surface area contributed by atoms with E-state index in [1.54, 1.807) is 6.08 Å². The minimum Gasteiger partial charge on any atom is -0.351 e. The summed E-state index contributed by atoms with van der Waals surface area (Å²) in [5, 5.41) is 6.01. The Morgan fingerprint density at radius 3 is 2.81 bits per heavy atom. The highest BCUT2D eigenvalue weighted by molar-refractivity contribution is 5.81. The number of rotatable bonds is 7. The van der Waals surface area contributed by atoms with Gasteiger partial charge >= 0.3 is 0 Å². The van der Waals surface area contributed by atoms with Crippen molar-refractivity contribution in [3.8, 4) is 0 Å². The molecule has 1 aliphatic rings. The van der Waals surface area contributed by atoms with Crippen molar-refractivity contribution >= 4 is 5.91 Å². The molecule has 0 aliphatic carbocycles. The van der Waals surface area contributed by atoms with Crippen LogP contribution in [0.3, 0.4) is 0 Å². The third-order valence-corrected chi connectivity index (χ3v) is 2.89. The van der Waals surface area contributed by atoms with Crippen molar-refractivity contribution in [1.29, 1.82) is 0 Å². The third kappa shape index (κ3) is 4.77. The Bertz CT molecular complexity index is 224. The standard InChI is InChI=1S/C12H23N3O/c1-3-6-14-12(16)11(2)13-7-10-15-8-4-5-9-15/h3,11,13H,1,4-10H2,2H3,(H,14,16). The van der Waals surface area contributed by atoms with Crippen LogP contribution in [0.15, 0.2) is 12.7 Å². The van der Waals surface area contributed by atoms with E-state index in [0.29, 0.717) is 6.54 Å². The predicted octanol–water partition coefficient (Wildman–Crippen LogP) is 0.363. The Morgan fingerprint density at radius 2 is 2.19 bits per heavy atom. The Morgan fingerprint density at radius 1 is 1.50 bits per heavy atom. The van der Waals surface area contributed by atoms with E-state index < -0.39 is 0 Å². The molecule has 0 radical (unpaired) electrons. The van der Waals surface area contributed by atoms with Gasteiger partial charge < -0.3 is 15.5 Å². The molecule has 1 aliphatic heterocycles. The summed E-state index contributed by atoms with van der Waals surface area (Å²) in [6.07, 6.45) is 4.32. The maximum Gasteiger partial charge on any atom is 0.237 e. The van der Waals surface area contributed by atoms with Gasteiger partial charge in [0.05, 0.1) is 6.04 Å². The maximum atomic E-state index is 11.5. The number of hydrogen-bond donors (Lipinski definition) is 2. The van der Waals surface area contributed by atoms with E-state index >= 15 is 0 Å². The Kier molecular flexibility index (Phi) is 6.11. The molecule has 2 N–H and O–H groups in total. The second-order valence-corrected chi connectivity index (χ2v) is 4.26. The van der Waals surface area contributed by atoms with Crippen molar-refractivity contribution in [2.75, 3.05) is 32.7 Å². The molecule has 1 fully saturated rings. The topological polar surface area (TPSA) is 44.4 Å². The molecule has 4 heteroatoms. The van der Waals surface area contributed by atoms with Gasteiger partial charge in [0.25, 0.3) is 0 Å². The van der Waals surface area contributed by atoms with Gasteiger partial charge in [-0.1, -0.05) is 6.08 Å². The van der Waals surface area contributed by atoms with Gasteiger partial charge in [0.1, 0.15) is 0 Å². The highest BCUT2D eigenvalue weighted by Gasteiger charge is 2.13. The first-order valence-electron chi connectivity index (χ1n) is 6.08. The van der Waals surface area contributed by atoms with Gasteiger partial charge in [-0.25, -0.2) is 0 Å². The van der Waals surface area contributed by atoms with Gasteiger partial charge in [-0.15, -0.1) is 6.58 Å². The summed E-state index contributed by atoms with van der Waals surface area (Å²) in [5.74, 6) is 0.0429. The zero-order chi connectivity index (χ0) is 11.8. The molecular formula is C12H23N3O. The largest absolute Gasteiger partial charge is 0.351 e. The lowest BCUT2D eigenvalue weighted by atomic mass is 10.3. The zero-order valence-corrected chi connectivity index (χ0v) is 10.2. The molecular weight excluding hydrogens is 202 g/mol. The summed E-state index contributed by atoms with van der Waals surface area (Å²) < 4.78 is 0. The number of amides is 1. The molecule has 1 saturated heterocycles. The SMILES string of the molecule is C=CCNC(=O)C(C)NCCN1CCCC1. The number of likely N-dealkylation sites (tertiary alicyclic amines) is 1. The molecule has 1 rings (SSSR count). The Labute approximate surface area is 98.1 Å². The third-order valence-electron chi connectivity index (χ3n) is 2.89. The molecule has 16 heavy (non-hydrogen) atoms. The van der Waals surface area contributed by atoms with Gasteiger partial charge in [0.15, 0.2) is 0 Å². The Balaban J connectivity index is 2.06. The van der Waals surface area contributed by atoms with E-state index in [2.05, 4.69) is 22.1 Å². The summed E-state index contributed by atoms with van der Waals surface area (Å²) in [5.41, 5.74) is 0. The molecule has 1 amide bonds. The van der Waals surface area contributed by atoms with Crippen LogP contribution in [0.5, 0.6) is 0 Å². The highest BCUT2D eigenvalue weighted by atomic mass is 16.2.